The van der Waals surface area contributed by atoms with E-state index in [1.165, 1.54) is 221 Å². The molecule has 0 saturated heterocycles. The third kappa shape index (κ3) is 15.6. The summed E-state index contributed by atoms with van der Waals surface area (Å²) in [4.78, 5) is 22.7. The van der Waals surface area contributed by atoms with Gasteiger partial charge in [-0.05, 0) is 180 Å². The SMILES string of the molecule is CC1CN(C)c2ccc3cccc4c3c2N1c1ccccc1-4.CC1CN(C)c2cccc3c2N1c1cccc2cccc-3c12.CC1COc2ccc3cccc4c3c2N1c1ccccc1-4.CC1COc2cccc3c2N1c1cccc2cccc-3c12.CC1CSc2ccc3cccc4c3c2N1c1ccccc1-4.CC1CSc2cccc3c2N1c1cccc2cccc-3c12.[Ar].[Ar].[Ar].[Ar].[Ar].[Ar]. The Morgan fingerprint density at radius 1 is 0.209 bits per heavy atom. The van der Waals surface area contributed by atoms with Crippen LogP contribution >= 0.6 is 23.5 Å². The van der Waals surface area contributed by atoms with Gasteiger partial charge in [-0.2, -0.15) is 0 Å². The van der Waals surface area contributed by atoms with Gasteiger partial charge in [0.1, 0.15) is 24.7 Å². The van der Waals surface area contributed by atoms with Gasteiger partial charge < -0.3 is 48.7 Å². The summed E-state index contributed by atoms with van der Waals surface area (Å²) in [5.74, 6) is 4.30. The van der Waals surface area contributed by atoms with Gasteiger partial charge in [-0.15, -0.1) is 23.5 Å². The van der Waals surface area contributed by atoms with Gasteiger partial charge in [0.2, 0.25) is 0 Å². The van der Waals surface area contributed by atoms with Crippen LogP contribution in [0.4, 0.5) is 79.6 Å². The Labute approximate surface area is 973 Å². The zero-order valence-corrected chi connectivity index (χ0v) is 81.1. The number of hydrogen-bond acceptors (Lipinski definition) is 12. The molecule has 0 radical (unpaired) electrons. The van der Waals surface area contributed by atoms with Crippen molar-refractivity contribution in [1.82, 2.24) is 0 Å². The number of rotatable bonds is 0. The Morgan fingerprint density at radius 3 is 0.963 bits per heavy atom. The predicted octanol–water partition coefficient (Wildman–Crippen LogP) is 30.0. The molecule has 0 spiro atoms. The molecule has 0 bridgehead atoms. The molecule has 0 aliphatic carbocycles. The van der Waals surface area contributed by atoms with E-state index in [2.05, 4.69) is 422 Å². The number of thioether (sulfide) groups is 2. The smallest absolute Gasteiger partial charge is 0.143 e. The quantitative estimate of drug-likeness (QED) is 0.145. The normalized spacial score (nSPS) is 17.7. The van der Waals surface area contributed by atoms with Crippen LogP contribution in [0.1, 0.15) is 41.5 Å². The number of hydrogen-bond donors (Lipinski definition) is 0. The monoisotopic (exact) mass is 1940 g/mol. The van der Waals surface area contributed by atoms with E-state index < -0.39 is 0 Å². The molecule has 6 atom stereocenters. The summed E-state index contributed by atoms with van der Waals surface area (Å²) in [6, 6.07) is 122. The predicted molar refractivity (Wildman–Crippen MR) is 545 cm³/mol. The van der Waals surface area contributed by atoms with Crippen LogP contribution in [0.15, 0.2) is 337 Å². The Kier molecular flexibility index (Phi) is 28.4. The molecule has 0 saturated carbocycles. The summed E-state index contributed by atoms with van der Waals surface area (Å²) in [5.41, 5.74) is 34.9. The van der Waals surface area contributed by atoms with E-state index in [-0.39, 0.29) is 226 Å². The Balaban J connectivity index is 0.000000103. The van der Waals surface area contributed by atoms with E-state index in [0.29, 0.717) is 36.3 Å². The van der Waals surface area contributed by atoms with Crippen molar-refractivity contribution in [3.05, 3.63) is 328 Å². The molecule has 10 nitrogen and oxygen atoms in total. The summed E-state index contributed by atoms with van der Waals surface area (Å²) in [7, 11) is 4.40. The second-order valence-corrected chi connectivity index (χ2v) is 38.5. The summed E-state index contributed by atoms with van der Waals surface area (Å²) < 4.78 is 11.9. The van der Waals surface area contributed by atoms with Crippen molar-refractivity contribution >= 4 is 168 Å². The van der Waals surface area contributed by atoms with Crippen LogP contribution in [-0.2, 0) is 0 Å². The molecule has 6 unspecified atom stereocenters. The Morgan fingerprint density at radius 2 is 0.493 bits per heavy atom. The fourth-order valence-electron chi connectivity index (χ4n) is 23.2. The first-order valence-corrected chi connectivity index (χ1v) is 47.5. The molecular formula is C116H96Ar6N8O2S2. The van der Waals surface area contributed by atoms with E-state index in [0.717, 1.165) is 49.3 Å². The molecule has 0 fully saturated rings. The van der Waals surface area contributed by atoms with Crippen LogP contribution < -0.4 is 48.7 Å². The molecule has 18 aromatic carbocycles. The zero-order chi connectivity index (χ0) is 85.6. The standard InChI is InChI=1S/2C20H18N2.2C19H15NO.2C19H15NS.6Ar/c1-13-12-21(2)18-11-5-9-16-15-8-3-6-14-7-4-10-17(19(14)15)22(13)20(16)18;1-13-12-21(2)18-11-10-14-6-5-8-16-15-7-3-4-9-17(15)22(13)20(18)19(14)16;1-12-11-21-17-10-4-8-15-14-7-2-5-13-6-3-9-16(18(13)14)20(12)19(15)17;1-12-11-21-17-10-9-13-5-4-7-15-14-6-2-3-8-16(14)20(12)19(17)18(13)15;1-12-11-21-17-10-4-8-15-14-7-2-5-13-6-3-9-16(18(13)14)20(12)19(15)17;1-12-11-21-17-10-9-13-5-4-7-15-14-6-2-3-8-16(14)20(12)19(17)18(13)15;;;;;;/h2*3-11,13H,12H2,1-2H3;4*2-10,12H,11H2,1H3;;;;;;. The number of ether oxygens (including phenoxy) is 2. The summed E-state index contributed by atoms with van der Waals surface area (Å²) in [6.07, 6.45) is 0. The van der Waals surface area contributed by atoms with Gasteiger partial charge in [-0.1, -0.05) is 255 Å². The van der Waals surface area contributed by atoms with Crippen molar-refractivity contribution in [1.29, 1.82) is 0 Å². The van der Waals surface area contributed by atoms with Crippen LogP contribution in [0, 0.1) is 226 Å². The van der Waals surface area contributed by atoms with Crippen LogP contribution in [0.5, 0.6) is 11.5 Å². The van der Waals surface area contributed by atoms with Gasteiger partial charge in [0.05, 0.1) is 69.0 Å². The summed E-state index contributed by atoms with van der Waals surface area (Å²) >= 11 is 3.98. The molecule has 18 aromatic rings. The van der Waals surface area contributed by atoms with E-state index in [1.807, 2.05) is 23.5 Å². The topological polar surface area (TPSA) is 44.4 Å². The molecular weight excluding hydrogens is 1840 g/mol. The van der Waals surface area contributed by atoms with Gasteiger partial charge in [-0.3, -0.25) is 0 Å². The number of nitrogens with zero attached hydrogens (tertiary/aromatic N) is 8. The number of para-hydroxylation sites is 6. The van der Waals surface area contributed by atoms with Crippen molar-refractivity contribution in [3.63, 3.8) is 0 Å². The van der Waals surface area contributed by atoms with Gasteiger partial charge >= 0.3 is 0 Å². The fourth-order valence-corrected chi connectivity index (χ4v) is 25.4. The van der Waals surface area contributed by atoms with E-state index in [1.54, 1.807) is 0 Å². The largest absolute Gasteiger partial charge is 0.489 e. The Hall–Kier alpha value is -6.22. The molecule has 12 aliphatic rings. The van der Waals surface area contributed by atoms with Crippen LogP contribution in [-0.4, -0.2) is 88.2 Å². The maximum Gasteiger partial charge on any atom is 0.143 e. The Bertz CT molecular complexity index is 7410. The van der Waals surface area contributed by atoms with E-state index in [4.69, 9.17) is 9.47 Å². The van der Waals surface area contributed by atoms with Crippen LogP contribution in [0.2, 0.25) is 0 Å². The maximum absolute atomic E-state index is 5.98. The van der Waals surface area contributed by atoms with Crippen molar-refractivity contribution in [2.24, 2.45) is 0 Å². The number of anilines is 14. The van der Waals surface area contributed by atoms with Gasteiger partial charge in [0.15, 0.2) is 0 Å². The minimum atomic E-state index is 0. The molecule has 0 N–H and O–H groups in total. The van der Waals surface area contributed by atoms with E-state index >= 15 is 0 Å². The third-order valence-corrected chi connectivity index (χ3v) is 31.1. The average Bonchev–Trinajstić information content (AvgIpc) is 0.695. The van der Waals surface area contributed by atoms with Gasteiger partial charge in [-0.25, -0.2) is 0 Å². The first-order chi connectivity index (χ1) is 62.9. The van der Waals surface area contributed by atoms with E-state index in [9.17, 15) is 0 Å². The number of likely N-dealkylation sites (N-methyl/N-ethyl adjacent to an activating group) is 2. The maximum atomic E-state index is 5.98. The fraction of sp³-hybridized carbons (Fsp3) is 0.172. The first kappa shape index (κ1) is 96.6. The minimum absolute atomic E-state index is 0. The summed E-state index contributed by atoms with van der Waals surface area (Å²) in [5, 5.41) is 16.2. The molecule has 672 valence electrons. The molecule has 134 heavy (non-hydrogen) atoms. The molecule has 18 heteroatoms. The number of benzene rings is 18. The van der Waals surface area contributed by atoms with Crippen molar-refractivity contribution < 1.29 is 236 Å². The molecule has 0 amide bonds. The molecule has 12 aliphatic heterocycles. The van der Waals surface area contributed by atoms with Gasteiger partial charge in [0, 0.05) is 388 Å². The van der Waals surface area contributed by atoms with Crippen LogP contribution in [0.25, 0.3) is 131 Å². The summed E-state index contributed by atoms with van der Waals surface area (Å²) in [6.45, 7) is 17.3. The van der Waals surface area contributed by atoms with Crippen LogP contribution in [0.3, 0.4) is 0 Å². The van der Waals surface area contributed by atoms with Crippen molar-refractivity contribution in [2.45, 2.75) is 87.6 Å². The first-order valence-electron chi connectivity index (χ1n) is 45.5. The second kappa shape index (κ2) is 39.3. The second-order valence-electron chi connectivity index (χ2n) is 36.4. The van der Waals surface area contributed by atoms with Crippen molar-refractivity contribution in [3.8, 4) is 78.3 Å². The van der Waals surface area contributed by atoms with Crippen molar-refractivity contribution in [2.75, 3.05) is 91.1 Å². The molecule has 0 aromatic heterocycles. The third-order valence-electron chi connectivity index (χ3n) is 28.5. The molecule has 30 rings (SSSR count). The molecule has 12 heterocycles. The number of fused-ring (bicyclic) bond motifs is 15. The average molecular weight is 1940 g/mol. The zero-order valence-electron chi connectivity index (χ0n) is 75.2. The van der Waals surface area contributed by atoms with Gasteiger partial charge in [0.25, 0.3) is 0 Å². The minimum Gasteiger partial charge on any atom is -0.489 e.